The summed E-state index contributed by atoms with van der Waals surface area (Å²) in [6.07, 6.45) is 1.55. The molecule has 3 heterocycles. The molecule has 170 valence electrons. The van der Waals surface area contributed by atoms with Crippen LogP contribution in [0.5, 0.6) is 0 Å². The lowest BCUT2D eigenvalue weighted by Gasteiger charge is -1.99. The van der Waals surface area contributed by atoms with Crippen molar-refractivity contribution < 1.29 is 18.4 Å². The second-order valence-corrected chi connectivity index (χ2v) is 9.75. The van der Waals surface area contributed by atoms with Gasteiger partial charge in [-0.15, -0.1) is 0 Å². The van der Waals surface area contributed by atoms with Crippen LogP contribution in [0, 0.1) is 0 Å². The molecule has 6 rings (SSSR count). The Bertz CT molecular complexity index is 1650. The third-order valence-electron chi connectivity index (χ3n) is 5.60. The summed E-state index contributed by atoms with van der Waals surface area (Å²) in [5.41, 5.74) is 1.96. The minimum Gasteiger partial charge on any atom is -0.453 e. The quantitative estimate of drug-likeness (QED) is 0.196. The fourth-order valence-electron chi connectivity index (χ4n) is 3.92. The molecule has 0 unspecified atom stereocenters. The Morgan fingerprint density at radius 3 is 1.89 bits per heavy atom. The number of hydrogen-bond donors (Lipinski definition) is 0. The smallest absolute Gasteiger partial charge is 0.249 e. The fraction of sp³-hybridized carbons (Fsp3) is 0. The molecule has 0 radical (unpaired) electrons. The molecule has 35 heavy (non-hydrogen) atoms. The normalized spacial score (nSPS) is 11.4. The largest absolute Gasteiger partial charge is 0.453 e. The lowest BCUT2D eigenvalue weighted by molar-refractivity contribution is 0.0977. The van der Waals surface area contributed by atoms with E-state index < -0.39 is 11.6 Å². The molecule has 0 amide bonds. The van der Waals surface area contributed by atoms with Gasteiger partial charge in [0.2, 0.25) is 11.6 Å². The third kappa shape index (κ3) is 3.94. The second kappa shape index (κ2) is 8.48. The Balaban J connectivity index is 1.48. The van der Waals surface area contributed by atoms with Crippen LogP contribution >= 0.6 is 31.9 Å². The number of rotatable bonds is 5. The highest BCUT2D eigenvalue weighted by atomic mass is 79.9. The fourth-order valence-corrected chi connectivity index (χ4v) is 4.68. The number of fused-ring (bicyclic) bond motifs is 2. The number of aromatic nitrogens is 2. The van der Waals surface area contributed by atoms with Crippen molar-refractivity contribution in [3.63, 3.8) is 0 Å². The van der Waals surface area contributed by atoms with Gasteiger partial charge in [-0.1, -0.05) is 50.1 Å². The van der Waals surface area contributed by atoms with Gasteiger partial charge in [0.1, 0.15) is 16.9 Å². The van der Waals surface area contributed by atoms with Crippen molar-refractivity contribution in [3.8, 4) is 5.69 Å². The van der Waals surface area contributed by atoms with Crippen molar-refractivity contribution in [2.75, 3.05) is 0 Å². The Morgan fingerprint density at radius 2 is 1.29 bits per heavy atom. The number of furan rings is 2. The van der Waals surface area contributed by atoms with Crippen molar-refractivity contribution in [2.24, 2.45) is 0 Å². The molecule has 6 aromatic rings. The number of hydrogen-bond acceptors (Lipinski definition) is 5. The average Bonchev–Trinajstić information content (AvgIpc) is 3.59. The Morgan fingerprint density at radius 1 is 0.714 bits per heavy atom. The van der Waals surface area contributed by atoms with Crippen molar-refractivity contribution in [1.29, 1.82) is 0 Å². The van der Waals surface area contributed by atoms with E-state index in [1.54, 1.807) is 30.5 Å². The summed E-state index contributed by atoms with van der Waals surface area (Å²) in [6, 6.07) is 23.5. The van der Waals surface area contributed by atoms with Crippen LogP contribution in [-0.4, -0.2) is 21.3 Å². The predicted octanol–water partition coefficient (Wildman–Crippen LogP) is 7.35. The molecule has 3 aromatic heterocycles. The molecular formula is C27H14Br2N2O4. The summed E-state index contributed by atoms with van der Waals surface area (Å²) in [5, 5.41) is 6.02. The molecule has 0 saturated carbocycles. The van der Waals surface area contributed by atoms with Gasteiger partial charge >= 0.3 is 0 Å². The van der Waals surface area contributed by atoms with Gasteiger partial charge in [-0.3, -0.25) is 9.59 Å². The highest BCUT2D eigenvalue weighted by Gasteiger charge is 2.28. The van der Waals surface area contributed by atoms with Gasteiger partial charge in [0, 0.05) is 25.9 Å². The molecule has 0 N–H and O–H groups in total. The van der Waals surface area contributed by atoms with Gasteiger partial charge < -0.3 is 8.83 Å². The molecule has 0 saturated heterocycles. The number of benzene rings is 3. The molecule has 0 bridgehead atoms. The van der Waals surface area contributed by atoms with E-state index in [1.165, 1.54) is 4.68 Å². The maximum Gasteiger partial charge on any atom is 0.249 e. The zero-order valence-corrected chi connectivity index (χ0v) is 21.0. The maximum absolute atomic E-state index is 13.6. The van der Waals surface area contributed by atoms with Crippen molar-refractivity contribution in [2.45, 2.75) is 0 Å². The lowest BCUT2D eigenvalue weighted by Crippen LogP contribution is -2.09. The molecule has 0 aliphatic rings. The monoisotopic (exact) mass is 588 g/mol. The van der Waals surface area contributed by atoms with Gasteiger partial charge in [0.25, 0.3) is 0 Å². The first-order valence-electron chi connectivity index (χ1n) is 10.6. The van der Waals surface area contributed by atoms with Crippen molar-refractivity contribution >= 4 is 65.4 Å². The summed E-state index contributed by atoms with van der Waals surface area (Å²) in [6.45, 7) is 0. The first-order chi connectivity index (χ1) is 17.0. The van der Waals surface area contributed by atoms with E-state index in [1.807, 2.05) is 54.6 Å². The first kappa shape index (κ1) is 21.8. The first-order valence-corrected chi connectivity index (χ1v) is 12.2. The summed E-state index contributed by atoms with van der Waals surface area (Å²) in [4.78, 5) is 27.1. The number of carbonyl (C=O) groups is 2. The van der Waals surface area contributed by atoms with Gasteiger partial charge in [0.15, 0.2) is 11.5 Å². The van der Waals surface area contributed by atoms with Crippen molar-refractivity contribution in [1.82, 2.24) is 9.78 Å². The van der Waals surface area contributed by atoms with Crippen LogP contribution in [0.4, 0.5) is 0 Å². The standard InChI is InChI=1S/C27H14Br2N2O4/c28-17-6-8-21-15(10-17)12-23(34-21)26(32)20-14-31(19-4-2-1-3-5-19)30-25(20)27(33)24-13-16-11-18(29)7-9-22(16)35-24/h1-14H. The summed E-state index contributed by atoms with van der Waals surface area (Å²) in [5.74, 6) is -0.719. The zero-order valence-electron chi connectivity index (χ0n) is 17.9. The zero-order chi connectivity index (χ0) is 24.1. The summed E-state index contributed by atoms with van der Waals surface area (Å²) >= 11 is 6.86. The van der Waals surface area contributed by atoms with Crippen molar-refractivity contribution in [3.05, 3.63) is 117 Å². The topological polar surface area (TPSA) is 78.2 Å². The van der Waals surface area contributed by atoms with Crippen LogP contribution in [0.15, 0.2) is 103 Å². The Hall–Kier alpha value is -3.75. The highest BCUT2D eigenvalue weighted by Crippen LogP contribution is 2.28. The lowest BCUT2D eigenvalue weighted by atomic mass is 10.1. The van der Waals surface area contributed by atoms with Crippen LogP contribution in [0.25, 0.3) is 27.6 Å². The van der Waals surface area contributed by atoms with Crippen LogP contribution in [0.3, 0.4) is 0 Å². The van der Waals surface area contributed by atoms with Crippen LogP contribution in [0.1, 0.15) is 32.4 Å². The van der Waals surface area contributed by atoms with Crippen LogP contribution < -0.4 is 0 Å². The predicted molar refractivity (Wildman–Crippen MR) is 138 cm³/mol. The Kier molecular flexibility index (Phi) is 5.27. The molecule has 0 spiro atoms. The van der Waals surface area contributed by atoms with E-state index in [2.05, 4.69) is 37.0 Å². The Labute approximate surface area is 215 Å². The SMILES string of the molecule is O=C(c1cc2cc(Br)ccc2o1)c1cn(-c2ccccc2)nc1C(=O)c1cc2cc(Br)ccc2o1. The van der Waals surface area contributed by atoms with Gasteiger partial charge in [-0.05, 0) is 60.7 Å². The van der Waals surface area contributed by atoms with Crippen LogP contribution in [-0.2, 0) is 0 Å². The van der Waals surface area contributed by atoms with E-state index in [4.69, 9.17) is 8.83 Å². The number of para-hydroxylation sites is 1. The average molecular weight is 590 g/mol. The number of carbonyl (C=O) groups excluding carboxylic acids is 2. The molecule has 0 fully saturated rings. The van der Waals surface area contributed by atoms with Gasteiger partial charge in [-0.2, -0.15) is 5.10 Å². The number of nitrogens with zero attached hydrogens (tertiary/aromatic N) is 2. The second-order valence-electron chi connectivity index (χ2n) is 7.92. The maximum atomic E-state index is 13.6. The molecule has 0 aliphatic heterocycles. The van der Waals surface area contributed by atoms with E-state index >= 15 is 0 Å². The highest BCUT2D eigenvalue weighted by molar-refractivity contribution is 9.10. The van der Waals surface area contributed by atoms with E-state index in [0.29, 0.717) is 16.9 Å². The molecule has 8 heteroatoms. The third-order valence-corrected chi connectivity index (χ3v) is 6.59. The summed E-state index contributed by atoms with van der Waals surface area (Å²) < 4.78 is 14.9. The van der Waals surface area contributed by atoms with E-state index in [-0.39, 0.29) is 22.8 Å². The molecule has 3 aromatic carbocycles. The molecule has 6 nitrogen and oxygen atoms in total. The number of halogens is 2. The minimum absolute atomic E-state index is 0.0152. The minimum atomic E-state index is -0.491. The van der Waals surface area contributed by atoms with Crippen LogP contribution in [0.2, 0.25) is 0 Å². The number of ketones is 2. The molecule has 0 atom stereocenters. The van der Waals surface area contributed by atoms with Gasteiger partial charge in [0.05, 0.1) is 11.3 Å². The van der Waals surface area contributed by atoms with Gasteiger partial charge in [-0.25, -0.2) is 4.68 Å². The summed E-state index contributed by atoms with van der Waals surface area (Å²) in [7, 11) is 0. The molecular weight excluding hydrogens is 576 g/mol. The van der Waals surface area contributed by atoms with E-state index in [9.17, 15) is 9.59 Å². The van der Waals surface area contributed by atoms with E-state index in [0.717, 1.165) is 19.7 Å². The molecule has 0 aliphatic carbocycles.